The molecule has 8 heteroatoms. The third-order valence-corrected chi connectivity index (χ3v) is 4.68. The number of carbonyl (C=O) groups excluding carboxylic acids is 1. The molecule has 1 aliphatic heterocycles. The summed E-state index contributed by atoms with van der Waals surface area (Å²) >= 11 is 6.01. The Balaban J connectivity index is 0.00000225. The molecule has 0 aliphatic carbocycles. The highest BCUT2D eigenvalue weighted by atomic mass is 35.5. The number of hydrogen-bond acceptors (Lipinski definition) is 4. The minimum atomic E-state index is -0.118. The lowest BCUT2D eigenvalue weighted by molar-refractivity contribution is 0.0778. The van der Waals surface area contributed by atoms with Crippen LogP contribution in [0.4, 0.5) is 0 Å². The summed E-state index contributed by atoms with van der Waals surface area (Å²) in [5.41, 5.74) is 2.25. The van der Waals surface area contributed by atoms with Crippen molar-refractivity contribution in [3.63, 3.8) is 0 Å². The molecule has 136 valence electrons. The van der Waals surface area contributed by atoms with E-state index < -0.39 is 0 Å². The molecule has 6 nitrogen and oxygen atoms in total. The molecule has 25 heavy (non-hydrogen) atoms. The van der Waals surface area contributed by atoms with Crippen LogP contribution in [0.3, 0.4) is 0 Å². The molecule has 0 saturated carbocycles. The van der Waals surface area contributed by atoms with E-state index in [-0.39, 0.29) is 18.3 Å². The standard InChI is InChI=1S/C17H22ClN5O.ClH/c1-12-16(20-21-23(12)15-6-8-19-9-7-15)17(24)22(2)11-13-4-3-5-14(18)10-13;/h3-5,10,15,19H,6-9,11H2,1-2H3;1H. The Kier molecular flexibility index (Phi) is 6.81. The lowest BCUT2D eigenvalue weighted by atomic mass is 10.1. The molecule has 0 radical (unpaired) electrons. The molecule has 1 aliphatic rings. The minimum absolute atomic E-state index is 0. The van der Waals surface area contributed by atoms with E-state index in [4.69, 9.17) is 11.6 Å². The van der Waals surface area contributed by atoms with Crippen LogP contribution in [0.25, 0.3) is 0 Å². The van der Waals surface area contributed by atoms with Crippen molar-refractivity contribution >= 4 is 29.9 Å². The van der Waals surface area contributed by atoms with Gasteiger partial charge in [0.25, 0.3) is 5.91 Å². The number of hydrogen-bond donors (Lipinski definition) is 1. The molecule has 1 aromatic heterocycles. The summed E-state index contributed by atoms with van der Waals surface area (Å²) in [5, 5.41) is 12.4. The normalized spacial score (nSPS) is 14.8. The zero-order valence-electron chi connectivity index (χ0n) is 14.4. The predicted molar refractivity (Wildman–Crippen MR) is 100 cm³/mol. The zero-order valence-corrected chi connectivity index (χ0v) is 16.0. The number of benzene rings is 1. The molecule has 0 unspecified atom stereocenters. The van der Waals surface area contributed by atoms with Crippen molar-refractivity contribution in [2.75, 3.05) is 20.1 Å². The number of amides is 1. The number of nitrogens with one attached hydrogen (secondary N) is 1. The third kappa shape index (κ3) is 4.51. The molecule has 1 N–H and O–H groups in total. The highest BCUT2D eigenvalue weighted by Crippen LogP contribution is 2.21. The number of rotatable bonds is 4. The van der Waals surface area contributed by atoms with Gasteiger partial charge in [0, 0.05) is 18.6 Å². The molecule has 3 rings (SSSR count). The van der Waals surface area contributed by atoms with Crippen LogP contribution >= 0.6 is 24.0 Å². The van der Waals surface area contributed by atoms with Gasteiger partial charge in [-0.3, -0.25) is 4.79 Å². The second-order valence-corrected chi connectivity index (χ2v) is 6.68. The van der Waals surface area contributed by atoms with Gasteiger partial charge in [-0.05, 0) is 50.6 Å². The zero-order chi connectivity index (χ0) is 17.1. The van der Waals surface area contributed by atoms with Gasteiger partial charge < -0.3 is 10.2 Å². The SMILES string of the molecule is Cc1c(C(=O)N(C)Cc2cccc(Cl)c2)nnn1C1CCNCC1.Cl. The fourth-order valence-corrected chi connectivity index (χ4v) is 3.31. The molecule has 0 bridgehead atoms. The first-order valence-corrected chi connectivity index (χ1v) is 8.56. The summed E-state index contributed by atoms with van der Waals surface area (Å²) in [5.74, 6) is -0.118. The first-order chi connectivity index (χ1) is 11.6. The summed E-state index contributed by atoms with van der Waals surface area (Å²) in [6.45, 7) is 4.35. The summed E-state index contributed by atoms with van der Waals surface area (Å²) < 4.78 is 1.90. The average Bonchev–Trinajstić information content (AvgIpc) is 2.96. The van der Waals surface area contributed by atoms with Gasteiger partial charge >= 0.3 is 0 Å². The van der Waals surface area contributed by atoms with Gasteiger partial charge in [0.15, 0.2) is 5.69 Å². The minimum Gasteiger partial charge on any atom is -0.336 e. The Bertz CT molecular complexity index is 728. The maximum Gasteiger partial charge on any atom is 0.276 e. The van der Waals surface area contributed by atoms with E-state index in [1.54, 1.807) is 11.9 Å². The first-order valence-electron chi connectivity index (χ1n) is 8.18. The smallest absolute Gasteiger partial charge is 0.276 e. The van der Waals surface area contributed by atoms with E-state index in [0.29, 0.717) is 23.3 Å². The second-order valence-electron chi connectivity index (χ2n) is 6.24. The van der Waals surface area contributed by atoms with Gasteiger partial charge in [-0.25, -0.2) is 4.68 Å². The van der Waals surface area contributed by atoms with E-state index in [1.165, 1.54) is 0 Å². The molecular weight excluding hydrogens is 361 g/mol. The molecule has 1 amide bonds. The third-order valence-electron chi connectivity index (χ3n) is 4.44. The largest absolute Gasteiger partial charge is 0.336 e. The molecule has 2 aromatic rings. The van der Waals surface area contributed by atoms with Crippen molar-refractivity contribution < 1.29 is 4.79 Å². The highest BCUT2D eigenvalue weighted by molar-refractivity contribution is 6.30. The number of carbonyl (C=O) groups is 1. The van der Waals surface area contributed by atoms with Gasteiger partial charge in [-0.15, -0.1) is 17.5 Å². The Morgan fingerprint density at radius 3 is 2.80 bits per heavy atom. The quantitative estimate of drug-likeness (QED) is 0.881. The van der Waals surface area contributed by atoms with Crippen molar-refractivity contribution in [3.05, 3.63) is 46.2 Å². The summed E-state index contributed by atoms with van der Waals surface area (Å²) in [6, 6.07) is 7.84. The van der Waals surface area contributed by atoms with Crippen LogP contribution in [0.15, 0.2) is 24.3 Å². The maximum absolute atomic E-state index is 12.7. The lowest BCUT2D eigenvalue weighted by Gasteiger charge is -2.23. The van der Waals surface area contributed by atoms with Crippen molar-refractivity contribution in [1.82, 2.24) is 25.2 Å². The van der Waals surface area contributed by atoms with Crippen LogP contribution in [-0.4, -0.2) is 45.9 Å². The fraction of sp³-hybridized carbons (Fsp3) is 0.471. The van der Waals surface area contributed by atoms with Crippen LogP contribution in [0.5, 0.6) is 0 Å². The fourth-order valence-electron chi connectivity index (χ4n) is 3.10. The van der Waals surface area contributed by atoms with E-state index in [2.05, 4.69) is 15.6 Å². The second kappa shape index (κ2) is 8.65. The van der Waals surface area contributed by atoms with Gasteiger partial charge in [0.1, 0.15) is 0 Å². The summed E-state index contributed by atoms with van der Waals surface area (Å²) in [7, 11) is 1.77. The molecule has 0 atom stereocenters. The van der Waals surface area contributed by atoms with Crippen LogP contribution in [0.1, 0.15) is 40.6 Å². The molecule has 2 heterocycles. The average molecular weight is 384 g/mol. The topological polar surface area (TPSA) is 63.1 Å². The van der Waals surface area contributed by atoms with Crippen LogP contribution in [0.2, 0.25) is 5.02 Å². The van der Waals surface area contributed by atoms with Crippen LogP contribution in [0, 0.1) is 6.92 Å². The number of halogens is 2. The van der Waals surface area contributed by atoms with Gasteiger partial charge in [-0.2, -0.15) is 0 Å². The van der Waals surface area contributed by atoms with Gasteiger partial charge in [0.2, 0.25) is 0 Å². The number of piperidine rings is 1. The van der Waals surface area contributed by atoms with Crippen LogP contribution < -0.4 is 5.32 Å². The highest BCUT2D eigenvalue weighted by Gasteiger charge is 2.24. The molecule has 1 aromatic carbocycles. The van der Waals surface area contributed by atoms with Gasteiger partial charge in [-0.1, -0.05) is 28.9 Å². The van der Waals surface area contributed by atoms with E-state index in [0.717, 1.165) is 37.2 Å². The molecule has 1 fully saturated rings. The lowest BCUT2D eigenvalue weighted by Crippen LogP contribution is -2.30. The first kappa shape index (κ1) is 19.7. The molecule has 1 saturated heterocycles. The Labute approximate surface area is 158 Å². The van der Waals surface area contributed by atoms with E-state index in [1.807, 2.05) is 35.9 Å². The number of nitrogens with zero attached hydrogens (tertiary/aromatic N) is 4. The monoisotopic (exact) mass is 383 g/mol. The Morgan fingerprint density at radius 2 is 2.12 bits per heavy atom. The maximum atomic E-state index is 12.7. The summed E-state index contributed by atoms with van der Waals surface area (Å²) in [6.07, 6.45) is 2.02. The predicted octanol–water partition coefficient (Wildman–Crippen LogP) is 2.86. The molecule has 0 spiro atoms. The Hall–Kier alpha value is -1.63. The van der Waals surface area contributed by atoms with Gasteiger partial charge in [0.05, 0.1) is 11.7 Å². The summed E-state index contributed by atoms with van der Waals surface area (Å²) in [4.78, 5) is 14.4. The Morgan fingerprint density at radius 1 is 1.40 bits per heavy atom. The van der Waals surface area contributed by atoms with Crippen LogP contribution in [-0.2, 0) is 6.54 Å². The van der Waals surface area contributed by atoms with E-state index in [9.17, 15) is 4.79 Å². The van der Waals surface area contributed by atoms with Crippen molar-refractivity contribution in [3.8, 4) is 0 Å². The number of aromatic nitrogens is 3. The molecular formula is C17H23Cl2N5O. The van der Waals surface area contributed by atoms with Crippen molar-refractivity contribution in [1.29, 1.82) is 0 Å². The van der Waals surface area contributed by atoms with E-state index >= 15 is 0 Å². The van der Waals surface area contributed by atoms with Crippen molar-refractivity contribution in [2.24, 2.45) is 0 Å². The van der Waals surface area contributed by atoms with Crippen molar-refractivity contribution in [2.45, 2.75) is 32.4 Å².